The predicted molar refractivity (Wildman–Crippen MR) is 131 cm³/mol. The Morgan fingerprint density at radius 1 is 1.00 bits per heavy atom. The summed E-state index contributed by atoms with van der Waals surface area (Å²) in [5.74, 6) is -3.04. The van der Waals surface area contributed by atoms with Crippen LogP contribution in [0.3, 0.4) is 0 Å². The zero-order valence-corrected chi connectivity index (χ0v) is 21.0. The van der Waals surface area contributed by atoms with Crippen molar-refractivity contribution < 1.29 is 24.3 Å². The van der Waals surface area contributed by atoms with Crippen molar-refractivity contribution in [1.29, 1.82) is 0 Å². The number of carboxylic acid groups (broad SMARTS) is 1. The number of nitrogens with two attached hydrogens (primary N) is 2. The zero-order valence-electron chi connectivity index (χ0n) is 21.0. The number of rotatable bonds is 16. The minimum atomic E-state index is -1.15. The van der Waals surface area contributed by atoms with Crippen molar-refractivity contribution in [2.75, 3.05) is 6.54 Å². The van der Waals surface area contributed by atoms with E-state index in [9.17, 15) is 24.3 Å². The van der Waals surface area contributed by atoms with E-state index in [1.807, 2.05) is 13.8 Å². The van der Waals surface area contributed by atoms with Crippen LogP contribution in [0.15, 0.2) is 12.5 Å². The maximum Gasteiger partial charge on any atom is 0.326 e. The van der Waals surface area contributed by atoms with Gasteiger partial charge in [0.15, 0.2) is 0 Å². The number of hydrogen-bond acceptors (Lipinski definition) is 7. The monoisotopic (exact) mass is 495 g/mol. The molecule has 35 heavy (non-hydrogen) atoms. The Morgan fingerprint density at radius 2 is 1.66 bits per heavy atom. The van der Waals surface area contributed by atoms with Crippen LogP contribution in [0, 0.1) is 11.8 Å². The van der Waals surface area contributed by atoms with Crippen LogP contribution in [0.5, 0.6) is 0 Å². The van der Waals surface area contributed by atoms with Crippen molar-refractivity contribution in [2.24, 2.45) is 23.3 Å². The van der Waals surface area contributed by atoms with Gasteiger partial charge in [0.05, 0.1) is 12.4 Å². The Bertz CT molecular complexity index is 813. The number of carbonyl (C=O) groups is 4. The fraction of sp³-hybridized carbons (Fsp3) is 0.696. The molecule has 0 aliphatic carbocycles. The van der Waals surface area contributed by atoms with Crippen molar-refractivity contribution >= 4 is 23.7 Å². The lowest BCUT2D eigenvalue weighted by molar-refractivity contribution is -0.142. The second kappa shape index (κ2) is 15.1. The van der Waals surface area contributed by atoms with Gasteiger partial charge in [-0.1, -0.05) is 27.7 Å². The lowest BCUT2D eigenvalue weighted by atomic mass is 9.99. The van der Waals surface area contributed by atoms with E-state index in [-0.39, 0.29) is 24.7 Å². The van der Waals surface area contributed by atoms with Crippen molar-refractivity contribution in [3.63, 3.8) is 0 Å². The summed E-state index contributed by atoms with van der Waals surface area (Å²) in [6.07, 6.45) is 5.03. The summed E-state index contributed by atoms with van der Waals surface area (Å²) < 4.78 is 0. The van der Waals surface area contributed by atoms with Crippen molar-refractivity contribution in [3.8, 4) is 0 Å². The van der Waals surface area contributed by atoms with Crippen molar-refractivity contribution in [1.82, 2.24) is 25.9 Å². The van der Waals surface area contributed by atoms with E-state index < -0.39 is 47.9 Å². The first kappa shape index (κ1) is 30.0. The Balaban J connectivity index is 2.87. The van der Waals surface area contributed by atoms with Gasteiger partial charge in [0, 0.05) is 18.3 Å². The highest BCUT2D eigenvalue weighted by Crippen LogP contribution is 2.10. The molecule has 1 heterocycles. The molecule has 0 saturated carbocycles. The van der Waals surface area contributed by atoms with Crippen LogP contribution < -0.4 is 27.4 Å². The Labute approximate surface area is 206 Å². The highest BCUT2D eigenvalue weighted by atomic mass is 16.4. The number of carboxylic acids is 1. The van der Waals surface area contributed by atoms with Crippen molar-refractivity contribution in [2.45, 2.75) is 84.0 Å². The van der Waals surface area contributed by atoms with Gasteiger partial charge in [-0.3, -0.25) is 14.4 Å². The molecule has 3 amide bonds. The quantitative estimate of drug-likeness (QED) is 0.150. The van der Waals surface area contributed by atoms with E-state index in [0.29, 0.717) is 31.5 Å². The molecule has 1 aromatic heterocycles. The second-order valence-corrected chi connectivity index (χ2v) is 9.49. The Hall–Kier alpha value is -2.99. The van der Waals surface area contributed by atoms with E-state index >= 15 is 0 Å². The van der Waals surface area contributed by atoms with E-state index in [2.05, 4.69) is 25.9 Å². The number of aromatic amines is 1. The largest absolute Gasteiger partial charge is 0.480 e. The first-order chi connectivity index (χ1) is 16.5. The van der Waals surface area contributed by atoms with Gasteiger partial charge in [0.1, 0.15) is 18.1 Å². The first-order valence-electron chi connectivity index (χ1n) is 12.0. The number of imidazole rings is 1. The molecular weight excluding hydrogens is 454 g/mol. The van der Waals surface area contributed by atoms with Crippen LogP contribution in [-0.4, -0.2) is 69.5 Å². The molecular formula is C23H41N7O5. The number of nitrogens with zero attached hydrogens (tertiary/aromatic N) is 1. The standard InChI is InChI=1S/C23H41N7O5/c1-13(2)9-18(29-20(31)16(25)10-15-11-26-12-27-15)21(32)30-19(14(3)4)22(33)28-17(23(34)35)7-5-6-8-24/h11-14,16-19H,5-10,24-25H2,1-4H3,(H,26,27)(H,28,33)(H,29,31)(H,30,32)(H,34,35)/t16-,17-,18-,19-/m0/s1. The minimum absolute atomic E-state index is 0.0696. The summed E-state index contributed by atoms with van der Waals surface area (Å²) in [6.45, 7) is 7.72. The third kappa shape index (κ3) is 10.9. The molecule has 9 N–H and O–H groups in total. The molecule has 0 radical (unpaired) electrons. The summed E-state index contributed by atoms with van der Waals surface area (Å²) in [5.41, 5.74) is 12.1. The molecule has 198 valence electrons. The second-order valence-electron chi connectivity index (χ2n) is 9.49. The summed E-state index contributed by atoms with van der Waals surface area (Å²) in [7, 11) is 0. The third-order valence-electron chi connectivity index (χ3n) is 5.48. The molecule has 0 unspecified atom stereocenters. The van der Waals surface area contributed by atoms with Crippen LogP contribution in [0.4, 0.5) is 0 Å². The molecule has 12 heteroatoms. The van der Waals surface area contributed by atoms with Gasteiger partial charge in [-0.25, -0.2) is 9.78 Å². The normalized spacial score (nSPS) is 14.7. The zero-order chi connectivity index (χ0) is 26.5. The number of amides is 3. The molecule has 12 nitrogen and oxygen atoms in total. The van der Waals surface area contributed by atoms with Crippen LogP contribution in [0.25, 0.3) is 0 Å². The predicted octanol–water partition coefficient (Wildman–Crippen LogP) is -0.350. The lowest BCUT2D eigenvalue weighted by Crippen LogP contribution is -2.58. The number of carbonyl (C=O) groups excluding carboxylic acids is 3. The number of aromatic nitrogens is 2. The van der Waals surface area contributed by atoms with Crippen LogP contribution in [0.2, 0.25) is 0 Å². The maximum atomic E-state index is 13.1. The smallest absolute Gasteiger partial charge is 0.326 e. The van der Waals surface area contributed by atoms with Crippen molar-refractivity contribution in [3.05, 3.63) is 18.2 Å². The molecule has 0 spiro atoms. The topological polar surface area (TPSA) is 205 Å². The molecule has 0 aromatic carbocycles. The van der Waals surface area contributed by atoms with E-state index in [0.717, 1.165) is 0 Å². The molecule has 1 rings (SSSR count). The van der Waals surface area contributed by atoms with Crippen LogP contribution in [-0.2, 0) is 25.6 Å². The molecule has 0 aliphatic heterocycles. The third-order valence-corrected chi connectivity index (χ3v) is 5.48. The first-order valence-corrected chi connectivity index (χ1v) is 12.0. The number of aliphatic carboxylic acids is 1. The Morgan fingerprint density at radius 3 is 2.17 bits per heavy atom. The van der Waals surface area contributed by atoms with Gasteiger partial charge in [0.2, 0.25) is 17.7 Å². The number of nitrogens with one attached hydrogen (secondary N) is 4. The fourth-order valence-electron chi connectivity index (χ4n) is 3.51. The average Bonchev–Trinajstić information content (AvgIpc) is 3.28. The van der Waals surface area contributed by atoms with E-state index in [1.54, 1.807) is 20.0 Å². The van der Waals surface area contributed by atoms with E-state index in [4.69, 9.17) is 11.5 Å². The molecule has 0 saturated heterocycles. The van der Waals surface area contributed by atoms with Gasteiger partial charge < -0.3 is 37.5 Å². The van der Waals surface area contributed by atoms with E-state index in [1.165, 1.54) is 6.33 Å². The molecule has 4 atom stereocenters. The summed E-state index contributed by atoms with van der Waals surface area (Å²) in [6, 6.07) is -3.88. The lowest BCUT2D eigenvalue weighted by Gasteiger charge is -2.27. The minimum Gasteiger partial charge on any atom is -0.480 e. The number of hydrogen-bond donors (Lipinski definition) is 7. The summed E-state index contributed by atoms with van der Waals surface area (Å²) in [5, 5.41) is 17.3. The maximum absolute atomic E-state index is 13.1. The SMILES string of the molecule is CC(C)C[C@H](NC(=O)[C@@H](N)Cc1cnc[nH]1)C(=O)N[C@H](C(=O)N[C@@H](CCCCN)C(=O)O)C(C)C. The number of unbranched alkanes of at least 4 members (excludes halogenated alkanes) is 1. The molecule has 0 aliphatic rings. The molecule has 0 bridgehead atoms. The number of H-pyrrole nitrogens is 1. The summed E-state index contributed by atoms with van der Waals surface area (Å²) >= 11 is 0. The highest BCUT2D eigenvalue weighted by molar-refractivity contribution is 5.94. The van der Waals surface area contributed by atoms with Crippen LogP contribution in [0.1, 0.15) is 59.1 Å². The highest BCUT2D eigenvalue weighted by Gasteiger charge is 2.32. The Kier molecular flexibility index (Phi) is 13.0. The van der Waals surface area contributed by atoms with Gasteiger partial charge in [-0.15, -0.1) is 0 Å². The van der Waals surface area contributed by atoms with Gasteiger partial charge in [0.25, 0.3) is 0 Å². The molecule has 0 fully saturated rings. The molecule has 1 aromatic rings. The fourth-order valence-corrected chi connectivity index (χ4v) is 3.51. The van der Waals surface area contributed by atoms with Crippen LogP contribution >= 0.6 is 0 Å². The van der Waals surface area contributed by atoms with Gasteiger partial charge in [-0.05, 0) is 44.1 Å². The van der Waals surface area contributed by atoms with Gasteiger partial charge >= 0.3 is 5.97 Å². The summed E-state index contributed by atoms with van der Waals surface area (Å²) in [4.78, 5) is 57.0. The average molecular weight is 496 g/mol. The van der Waals surface area contributed by atoms with Gasteiger partial charge in [-0.2, -0.15) is 0 Å².